The van der Waals surface area contributed by atoms with E-state index in [1.807, 2.05) is 6.92 Å². The molecule has 0 saturated heterocycles. The molecule has 110 valence electrons. The highest BCUT2D eigenvalue weighted by molar-refractivity contribution is 5.49. The summed E-state index contributed by atoms with van der Waals surface area (Å²) < 4.78 is 18.5. The van der Waals surface area contributed by atoms with Gasteiger partial charge in [-0.2, -0.15) is 4.98 Å². The lowest BCUT2D eigenvalue weighted by atomic mass is 10.3. The zero-order valence-corrected chi connectivity index (χ0v) is 11.4. The average Bonchev–Trinajstić information content (AvgIpc) is 2.45. The number of anilines is 1. The van der Waals surface area contributed by atoms with Crippen molar-refractivity contribution in [1.82, 2.24) is 4.98 Å². The average molecular weight is 291 g/mol. The van der Waals surface area contributed by atoms with E-state index in [0.29, 0.717) is 12.4 Å². The van der Waals surface area contributed by atoms with Crippen molar-refractivity contribution < 1.29 is 14.1 Å². The summed E-state index contributed by atoms with van der Waals surface area (Å²) in [6.45, 7) is 2.60. The molecule has 2 aromatic rings. The van der Waals surface area contributed by atoms with Crippen LogP contribution in [-0.4, -0.2) is 16.5 Å². The number of hydrogen-bond donors (Lipinski definition) is 1. The number of ether oxygens (including phenoxy) is 1. The molecule has 7 heteroatoms. The molecule has 1 N–H and O–H groups in total. The molecule has 0 atom stereocenters. The first-order valence-corrected chi connectivity index (χ1v) is 6.42. The third-order valence-corrected chi connectivity index (χ3v) is 2.57. The Hall–Kier alpha value is -2.70. The molecule has 1 heterocycles. The van der Waals surface area contributed by atoms with Gasteiger partial charge < -0.3 is 10.1 Å². The van der Waals surface area contributed by atoms with Crippen molar-refractivity contribution in [1.29, 1.82) is 0 Å². The van der Waals surface area contributed by atoms with E-state index in [4.69, 9.17) is 4.74 Å². The van der Waals surface area contributed by atoms with Crippen LogP contribution in [0.5, 0.6) is 11.6 Å². The van der Waals surface area contributed by atoms with Gasteiger partial charge in [0.25, 0.3) is 5.69 Å². The number of benzene rings is 1. The molecule has 0 saturated carbocycles. The summed E-state index contributed by atoms with van der Waals surface area (Å²) in [5, 5.41) is 13.9. The highest BCUT2D eigenvalue weighted by atomic mass is 19.1. The summed E-state index contributed by atoms with van der Waals surface area (Å²) >= 11 is 0. The van der Waals surface area contributed by atoms with Crippen molar-refractivity contribution in [2.45, 2.75) is 13.3 Å². The molecule has 1 aromatic carbocycles. The quantitative estimate of drug-likeness (QED) is 0.648. The van der Waals surface area contributed by atoms with Crippen LogP contribution in [0, 0.1) is 15.9 Å². The first-order valence-electron chi connectivity index (χ1n) is 6.42. The van der Waals surface area contributed by atoms with E-state index in [1.54, 1.807) is 6.07 Å². The predicted molar refractivity (Wildman–Crippen MR) is 76.1 cm³/mol. The van der Waals surface area contributed by atoms with Gasteiger partial charge in [0.1, 0.15) is 17.4 Å². The predicted octanol–water partition coefficient (Wildman–Crippen LogP) is 3.74. The molecule has 0 aliphatic heterocycles. The Bertz CT molecular complexity index is 649. The molecule has 6 nitrogen and oxygen atoms in total. The summed E-state index contributed by atoms with van der Waals surface area (Å²) in [7, 11) is 0. The third-order valence-electron chi connectivity index (χ3n) is 2.57. The van der Waals surface area contributed by atoms with Crippen molar-refractivity contribution in [3.63, 3.8) is 0 Å². The van der Waals surface area contributed by atoms with Crippen molar-refractivity contribution in [3.05, 3.63) is 52.3 Å². The maximum absolute atomic E-state index is 13.1. The lowest BCUT2D eigenvalue weighted by molar-refractivity contribution is -0.384. The van der Waals surface area contributed by atoms with Crippen molar-refractivity contribution in [2.75, 3.05) is 11.9 Å². The van der Waals surface area contributed by atoms with Gasteiger partial charge in [-0.3, -0.25) is 10.1 Å². The van der Waals surface area contributed by atoms with Crippen LogP contribution >= 0.6 is 0 Å². The van der Waals surface area contributed by atoms with E-state index < -0.39 is 10.7 Å². The summed E-state index contributed by atoms with van der Waals surface area (Å²) in [6.07, 6.45) is 0.852. The highest BCUT2D eigenvalue weighted by Gasteiger charge is 2.12. The minimum atomic E-state index is -0.531. The first kappa shape index (κ1) is 14.7. The zero-order chi connectivity index (χ0) is 15.2. The normalized spacial score (nSPS) is 10.2. The molecule has 0 aliphatic rings. The monoisotopic (exact) mass is 291 g/mol. The van der Waals surface area contributed by atoms with Gasteiger partial charge in [-0.1, -0.05) is 13.0 Å². The fourth-order valence-electron chi connectivity index (χ4n) is 1.64. The standard InChI is InChI=1S/C14H14FN3O3/c1-2-6-16-13-8-11(18(19)20)9-14(17-13)21-12-5-3-4-10(15)7-12/h3-5,7-9H,2,6H2,1H3,(H,16,17). The van der Waals surface area contributed by atoms with Crippen LogP contribution in [0.25, 0.3) is 0 Å². The number of nitrogens with zero attached hydrogens (tertiary/aromatic N) is 2. The van der Waals surface area contributed by atoms with Gasteiger partial charge in [-0.05, 0) is 18.6 Å². The second-order valence-electron chi connectivity index (χ2n) is 4.29. The van der Waals surface area contributed by atoms with Crippen molar-refractivity contribution in [2.24, 2.45) is 0 Å². The molecule has 2 rings (SSSR count). The van der Waals surface area contributed by atoms with Gasteiger partial charge in [0.05, 0.1) is 17.1 Å². The van der Waals surface area contributed by atoms with Crippen LogP contribution in [0.3, 0.4) is 0 Å². The van der Waals surface area contributed by atoms with E-state index in [9.17, 15) is 14.5 Å². The maximum Gasteiger partial charge on any atom is 0.278 e. The zero-order valence-electron chi connectivity index (χ0n) is 11.4. The fraction of sp³-hybridized carbons (Fsp3) is 0.214. The molecule has 0 amide bonds. The largest absolute Gasteiger partial charge is 0.439 e. The van der Waals surface area contributed by atoms with Gasteiger partial charge in [0.2, 0.25) is 5.88 Å². The molecule has 21 heavy (non-hydrogen) atoms. The molecular formula is C14H14FN3O3. The molecule has 0 fully saturated rings. The van der Waals surface area contributed by atoms with Crippen molar-refractivity contribution >= 4 is 11.5 Å². The topological polar surface area (TPSA) is 77.3 Å². The Morgan fingerprint density at radius 3 is 2.86 bits per heavy atom. The Balaban J connectivity index is 2.28. The van der Waals surface area contributed by atoms with E-state index in [1.165, 1.54) is 30.3 Å². The SMILES string of the molecule is CCCNc1cc([N+](=O)[O-])cc(Oc2cccc(F)c2)n1. The number of halogens is 1. The number of nitro groups is 1. The van der Waals surface area contributed by atoms with E-state index >= 15 is 0 Å². The lowest BCUT2D eigenvalue weighted by Gasteiger charge is -2.08. The summed E-state index contributed by atoms with van der Waals surface area (Å²) in [5.41, 5.74) is -0.144. The van der Waals surface area contributed by atoms with Gasteiger partial charge in [-0.15, -0.1) is 0 Å². The van der Waals surface area contributed by atoms with E-state index in [0.717, 1.165) is 6.42 Å². The van der Waals surface area contributed by atoms with Crippen LogP contribution < -0.4 is 10.1 Å². The minimum Gasteiger partial charge on any atom is -0.439 e. The second-order valence-corrected chi connectivity index (χ2v) is 4.29. The van der Waals surface area contributed by atoms with Crippen LogP contribution in [0.15, 0.2) is 36.4 Å². The third kappa shape index (κ3) is 4.13. The number of hydrogen-bond acceptors (Lipinski definition) is 5. The number of rotatable bonds is 6. The first-order chi connectivity index (χ1) is 10.1. The molecule has 0 bridgehead atoms. The van der Waals surface area contributed by atoms with Gasteiger partial charge in [0, 0.05) is 12.6 Å². The number of pyridine rings is 1. The highest BCUT2D eigenvalue weighted by Crippen LogP contribution is 2.26. The lowest BCUT2D eigenvalue weighted by Crippen LogP contribution is -2.03. The fourth-order valence-corrected chi connectivity index (χ4v) is 1.64. The summed E-state index contributed by atoms with van der Waals surface area (Å²) in [6, 6.07) is 8.01. The Morgan fingerprint density at radius 1 is 1.38 bits per heavy atom. The molecule has 0 aliphatic carbocycles. The maximum atomic E-state index is 13.1. The molecule has 0 unspecified atom stereocenters. The molecule has 1 aromatic heterocycles. The minimum absolute atomic E-state index is 0.0356. The second kappa shape index (κ2) is 6.65. The van der Waals surface area contributed by atoms with Crippen LogP contribution in [0.2, 0.25) is 0 Å². The van der Waals surface area contributed by atoms with Gasteiger partial charge in [0.15, 0.2) is 0 Å². The van der Waals surface area contributed by atoms with Gasteiger partial charge in [-0.25, -0.2) is 4.39 Å². The van der Waals surface area contributed by atoms with Crippen LogP contribution in [0.1, 0.15) is 13.3 Å². The van der Waals surface area contributed by atoms with E-state index in [-0.39, 0.29) is 17.3 Å². The Labute approximate surface area is 120 Å². The Kier molecular flexibility index (Phi) is 4.65. The number of aromatic nitrogens is 1. The molecule has 0 radical (unpaired) electrons. The molecular weight excluding hydrogens is 277 g/mol. The van der Waals surface area contributed by atoms with E-state index in [2.05, 4.69) is 10.3 Å². The smallest absolute Gasteiger partial charge is 0.278 e. The summed E-state index contributed by atoms with van der Waals surface area (Å²) in [4.78, 5) is 14.5. The van der Waals surface area contributed by atoms with Crippen molar-refractivity contribution in [3.8, 4) is 11.6 Å². The van der Waals surface area contributed by atoms with Gasteiger partial charge >= 0.3 is 0 Å². The summed E-state index contributed by atoms with van der Waals surface area (Å²) in [5.74, 6) is 0.151. The number of nitrogens with one attached hydrogen (secondary N) is 1. The molecule has 0 spiro atoms. The van der Waals surface area contributed by atoms with Crippen LogP contribution in [0.4, 0.5) is 15.9 Å². The Morgan fingerprint density at radius 2 is 2.19 bits per heavy atom. The van der Waals surface area contributed by atoms with Crippen LogP contribution in [-0.2, 0) is 0 Å².